The topological polar surface area (TPSA) is 32.3 Å². The number of anilines is 1. The van der Waals surface area contributed by atoms with Crippen LogP contribution in [-0.2, 0) is 0 Å². The zero-order valence-electron chi connectivity index (χ0n) is 9.04. The van der Waals surface area contributed by atoms with Gasteiger partial charge < -0.3 is 10.2 Å². The molecule has 0 heterocycles. The number of carbonyl (C=O) groups excluding carboxylic acids is 1. The van der Waals surface area contributed by atoms with Gasteiger partial charge in [0.05, 0.1) is 5.69 Å². The van der Waals surface area contributed by atoms with E-state index >= 15 is 0 Å². The number of alkyl halides is 1. The highest BCUT2D eigenvalue weighted by Crippen LogP contribution is 2.12. The second-order valence-corrected chi connectivity index (χ2v) is 4.17. The van der Waals surface area contributed by atoms with Crippen LogP contribution in [0.5, 0.6) is 0 Å². The molecule has 2 amide bonds. The van der Waals surface area contributed by atoms with Crippen molar-refractivity contribution in [2.24, 2.45) is 0 Å². The number of hydrogen-bond donors (Lipinski definition) is 1. The largest absolute Gasteiger partial charge is 0.328 e. The summed E-state index contributed by atoms with van der Waals surface area (Å²) in [5.74, 6) is -0.426. The molecule has 3 nitrogen and oxygen atoms in total. The van der Waals surface area contributed by atoms with Crippen LogP contribution in [0, 0.1) is 5.82 Å². The summed E-state index contributed by atoms with van der Waals surface area (Å²) < 4.78 is 13.2. The van der Waals surface area contributed by atoms with Crippen molar-refractivity contribution in [3.05, 3.63) is 30.1 Å². The van der Waals surface area contributed by atoms with Crippen molar-refractivity contribution in [3.8, 4) is 0 Å². The Hall–Kier alpha value is -1.10. The van der Waals surface area contributed by atoms with Crippen LogP contribution < -0.4 is 5.32 Å². The lowest BCUT2D eigenvalue weighted by molar-refractivity contribution is 0.222. The van der Waals surface area contributed by atoms with Crippen LogP contribution in [0.4, 0.5) is 14.9 Å². The van der Waals surface area contributed by atoms with Gasteiger partial charge in [-0.15, -0.1) is 0 Å². The lowest BCUT2D eigenvalue weighted by Crippen LogP contribution is -2.32. The molecule has 1 aromatic rings. The van der Waals surface area contributed by atoms with Crippen LogP contribution in [0.25, 0.3) is 0 Å². The molecule has 1 N–H and O–H groups in total. The Kier molecular flexibility index (Phi) is 5.25. The minimum absolute atomic E-state index is 0.207. The van der Waals surface area contributed by atoms with E-state index in [1.54, 1.807) is 19.2 Å². The van der Waals surface area contributed by atoms with Gasteiger partial charge in [0.2, 0.25) is 0 Å². The van der Waals surface area contributed by atoms with E-state index in [0.717, 1.165) is 11.8 Å². The molecule has 0 saturated heterocycles. The highest BCUT2D eigenvalue weighted by atomic mass is 79.9. The first-order chi connectivity index (χ1) is 7.65. The van der Waals surface area contributed by atoms with E-state index in [0.29, 0.717) is 6.54 Å². The van der Waals surface area contributed by atoms with Gasteiger partial charge in [0, 0.05) is 18.9 Å². The van der Waals surface area contributed by atoms with E-state index in [1.807, 2.05) is 0 Å². The molecular weight excluding hydrogens is 275 g/mol. The fourth-order valence-electron chi connectivity index (χ4n) is 1.17. The van der Waals surface area contributed by atoms with Gasteiger partial charge in [-0.3, -0.25) is 0 Å². The summed E-state index contributed by atoms with van der Waals surface area (Å²) in [6, 6.07) is 5.81. The maximum atomic E-state index is 13.2. The molecule has 5 heteroatoms. The molecule has 0 bridgehead atoms. The summed E-state index contributed by atoms with van der Waals surface area (Å²) in [5.41, 5.74) is 0.207. The molecule has 1 rings (SSSR count). The number of amides is 2. The Labute approximate surface area is 103 Å². The van der Waals surface area contributed by atoms with Gasteiger partial charge in [0.1, 0.15) is 5.82 Å². The Morgan fingerprint density at radius 3 is 2.81 bits per heavy atom. The van der Waals surface area contributed by atoms with E-state index in [9.17, 15) is 9.18 Å². The van der Waals surface area contributed by atoms with Gasteiger partial charge in [-0.25, -0.2) is 9.18 Å². The molecule has 0 aromatic heterocycles. The highest BCUT2D eigenvalue weighted by Gasteiger charge is 2.09. The van der Waals surface area contributed by atoms with Crippen molar-refractivity contribution in [1.82, 2.24) is 4.90 Å². The summed E-state index contributed by atoms with van der Waals surface area (Å²) in [7, 11) is 1.68. The highest BCUT2D eigenvalue weighted by molar-refractivity contribution is 9.09. The van der Waals surface area contributed by atoms with E-state index < -0.39 is 5.82 Å². The Morgan fingerprint density at radius 2 is 2.19 bits per heavy atom. The van der Waals surface area contributed by atoms with E-state index in [-0.39, 0.29) is 11.7 Å². The van der Waals surface area contributed by atoms with Crippen LogP contribution in [0.3, 0.4) is 0 Å². The van der Waals surface area contributed by atoms with Crippen LogP contribution in [0.2, 0.25) is 0 Å². The lowest BCUT2D eigenvalue weighted by atomic mass is 10.3. The molecule has 0 aliphatic rings. The quantitative estimate of drug-likeness (QED) is 0.849. The molecule has 1 aromatic carbocycles. The Bertz CT molecular complexity index is 360. The molecule has 16 heavy (non-hydrogen) atoms. The number of hydrogen-bond acceptors (Lipinski definition) is 1. The number of rotatable bonds is 4. The number of nitrogens with zero attached hydrogens (tertiary/aromatic N) is 1. The molecule has 0 atom stereocenters. The SMILES string of the molecule is CN(CCCBr)C(=O)Nc1ccccc1F. The first-order valence-corrected chi connectivity index (χ1v) is 6.10. The lowest BCUT2D eigenvalue weighted by Gasteiger charge is -2.17. The van der Waals surface area contributed by atoms with Gasteiger partial charge in [-0.2, -0.15) is 0 Å². The smallest absolute Gasteiger partial charge is 0.321 e. The summed E-state index contributed by atoms with van der Waals surface area (Å²) >= 11 is 3.29. The fraction of sp³-hybridized carbons (Fsp3) is 0.364. The molecule has 0 spiro atoms. The van der Waals surface area contributed by atoms with Crippen molar-refractivity contribution < 1.29 is 9.18 Å². The Morgan fingerprint density at radius 1 is 1.50 bits per heavy atom. The van der Waals surface area contributed by atoms with E-state index in [4.69, 9.17) is 0 Å². The number of urea groups is 1. The minimum atomic E-state index is -0.426. The molecule has 0 saturated carbocycles. The second-order valence-electron chi connectivity index (χ2n) is 3.37. The zero-order valence-corrected chi connectivity index (χ0v) is 10.6. The predicted octanol–water partition coefficient (Wildman–Crippen LogP) is 3.07. The van der Waals surface area contributed by atoms with Crippen LogP contribution >= 0.6 is 15.9 Å². The van der Waals surface area contributed by atoms with Crippen molar-refractivity contribution in [2.45, 2.75) is 6.42 Å². The average molecular weight is 289 g/mol. The van der Waals surface area contributed by atoms with Gasteiger partial charge in [0.15, 0.2) is 0 Å². The third-order valence-electron chi connectivity index (χ3n) is 2.09. The third-order valence-corrected chi connectivity index (χ3v) is 2.65. The molecule has 0 unspecified atom stereocenters. The summed E-state index contributed by atoms with van der Waals surface area (Å²) in [5, 5.41) is 3.35. The molecular formula is C11H14BrFN2O. The van der Waals surface area contributed by atoms with Crippen LogP contribution in [-0.4, -0.2) is 29.9 Å². The number of nitrogens with one attached hydrogen (secondary N) is 1. The average Bonchev–Trinajstić information content (AvgIpc) is 2.28. The second kappa shape index (κ2) is 6.48. The molecule has 0 fully saturated rings. The normalized spacial score (nSPS) is 9.94. The van der Waals surface area contributed by atoms with E-state index in [1.165, 1.54) is 17.0 Å². The first-order valence-electron chi connectivity index (χ1n) is 4.97. The van der Waals surface area contributed by atoms with Gasteiger partial charge in [-0.05, 0) is 18.6 Å². The number of halogens is 2. The molecule has 0 aliphatic heterocycles. The zero-order chi connectivity index (χ0) is 12.0. The number of carbonyl (C=O) groups is 1. The van der Waals surface area contributed by atoms with Gasteiger partial charge >= 0.3 is 6.03 Å². The van der Waals surface area contributed by atoms with Gasteiger partial charge in [-0.1, -0.05) is 28.1 Å². The van der Waals surface area contributed by atoms with E-state index in [2.05, 4.69) is 21.2 Å². The fourth-order valence-corrected chi connectivity index (χ4v) is 1.42. The van der Waals surface area contributed by atoms with Crippen molar-refractivity contribution in [2.75, 3.05) is 24.2 Å². The van der Waals surface area contributed by atoms with Crippen LogP contribution in [0.1, 0.15) is 6.42 Å². The van der Waals surface area contributed by atoms with Crippen molar-refractivity contribution in [3.63, 3.8) is 0 Å². The minimum Gasteiger partial charge on any atom is -0.328 e. The predicted molar refractivity (Wildman–Crippen MR) is 66.5 cm³/mol. The van der Waals surface area contributed by atoms with Crippen molar-refractivity contribution >= 4 is 27.6 Å². The monoisotopic (exact) mass is 288 g/mol. The maximum Gasteiger partial charge on any atom is 0.321 e. The number of para-hydroxylation sites is 1. The molecule has 88 valence electrons. The summed E-state index contributed by atoms with van der Waals surface area (Å²) in [4.78, 5) is 13.1. The third kappa shape index (κ3) is 3.81. The maximum absolute atomic E-state index is 13.2. The summed E-state index contributed by atoms with van der Waals surface area (Å²) in [6.45, 7) is 0.630. The molecule has 0 aliphatic carbocycles. The summed E-state index contributed by atoms with van der Waals surface area (Å²) in [6.07, 6.45) is 0.862. The van der Waals surface area contributed by atoms with Crippen LogP contribution in [0.15, 0.2) is 24.3 Å². The number of benzene rings is 1. The Balaban J connectivity index is 2.54. The van der Waals surface area contributed by atoms with Crippen molar-refractivity contribution in [1.29, 1.82) is 0 Å². The molecule has 0 radical (unpaired) electrons. The van der Waals surface area contributed by atoms with Gasteiger partial charge in [0.25, 0.3) is 0 Å². The standard InChI is InChI=1S/C11H14BrFN2O/c1-15(8-4-7-12)11(16)14-10-6-3-2-5-9(10)13/h2-3,5-6H,4,7-8H2,1H3,(H,14,16). The first kappa shape index (κ1) is 13.0.